The molecule has 2 N–H and O–H groups in total. The third kappa shape index (κ3) is 17.8. The predicted molar refractivity (Wildman–Crippen MR) is 294 cm³/mol. The van der Waals surface area contributed by atoms with Gasteiger partial charge in [-0.1, -0.05) is 59.7 Å². The molecule has 5 aromatic rings. The lowest BCUT2D eigenvalue weighted by Gasteiger charge is -2.15. The molecule has 0 saturated carbocycles. The van der Waals surface area contributed by atoms with E-state index in [-0.39, 0.29) is 22.9 Å². The standard InChI is InChI=1S/C27H37N2O6.C18H25NO2.C15H14N2/c1-21-5-10-26-25(19-21)27(3,4)22(2)28(26)11-12-32-13-14-33-15-16-34-17-18-35-20-23-6-8-24(9-7-23)29(30)31;1-13-9-10-16-15(12-13)18(3,4)14(2)19(16)11-7-5-6-8-17(20)21;1-3-8-14(9-4-1)16-12-7-13-17-15-10-5-2-6-11-15/h5-10,19H,11-18,20H2,1-4H3;9-10,12H,5-8,11H2,1-4H3;1-13,16H/q+1;;/p+1/b;;12-7+,17-13?. The third-order valence-corrected chi connectivity index (χ3v) is 13.3. The van der Waals surface area contributed by atoms with Gasteiger partial charge in [-0.15, -0.1) is 0 Å². The number of unbranched alkanes of at least 4 members (excludes halogenated alkanes) is 2. The van der Waals surface area contributed by atoms with Crippen LogP contribution in [0.15, 0.2) is 139 Å². The molecular formula is C60H77N5O8+2. The first-order valence-corrected chi connectivity index (χ1v) is 25.4. The number of nitro benzene ring substituents is 1. The minimum atomic E-state index is -0.694. The number of ether oxygens (including phenoxy) is 4. The number of rotatable bonds is 25. The van der Waals surface area contributed by atoms with E-state index in [1.54, 1.807) is 18.3 Å². The van der Waals surface area contributed by atoms with Gasteiger partial charge in [-0.3, -0.25) is 19.9 Å². The van der Waals surface area contributed by atoms with Crippen LogP contribution in [0, 0.1) is 24.0 Å². The molecule has 0 aliphatic carbocycles. The maximum atomic E-state index is 10.6. The highest BCUT2D eigenvalue weighted by atomic mass is 16.6. The van der Waals surface area contributed by atoms with E-state index in [4.69, 9.17) is 24.1 Å². The Morgan fingerprint density at radius 3 is 1.68 bits per heavy atom. The fraction of sp³-hybridized carbons (Fsp3) is 0.400. The molecule has 0 aromatic heterocycles. The minimum Gasteiger partial charge on any atom is -0.481 e. The molecule has 2 heterocycles. The number of aliphatic carboxylic acids is 1. The summed E-state index contributed by atoms with van der Waals surface area (Å²) in [7, 11) is 0. The summed E-state index contributed by atoms with van der Waals surface area (Å²) in [5.74, 6) is -0.694. The molecule has 0 amide bonds. The molecule has 2 aliphatic heterocycles. The summed E-state index contributed by atoms with van der Waals surface area (Å²) in [4.78, 5) is 25.1. The zero-order valence-electron chi connectivity index (χ0n) is 44.3. The van der Waals surface area contributed by atoms with Crippen molar-refractivity contribution in [1.82, 2.24) is 0 Å². The number of nitro groups is 1. The van der Waals surface area contributed by atoms with Crippen LogP contribution in [0.2, 0.25) is 0 Å². The van der Waals surface area contributed by atoms with Crippen LogP contribution in [0.3, 0.4) is 0 Å². The third-order valence-electron chi connectivity index (χ3n) is 13.3. The molecule has 388 valence electrons. The summed E-state index contributed by atoms with van der Waals surface area (Å²) in [6.45, 7) is 23.7. The van der Waals surface area contributed by atoms with Gasteiger partial charge < -0.3 is 29.4 Å². The number of aryl methyl sites for hydroxylation is 2. The lowest BCUT2D eigenvalue weighted by Crippen LogP contribution is -2.27. The van der Waals surface area contributed by atoms with Crippen LogP contribution in [0.4, 0.5) is 28.4 Å². The summed E-state index contributed by atoms with van der Waals surface area (Å²) in [5, 5.41) is 22.5. The fourth-order valence-corrected chi connectivity index (χ4v) is 8.58. The summed E-state index contributed by atoms with van der Waals surface area (Å²) in [6.07, 6.45) is 8.56. The average Bonchev–Trinajstić information content (AvgIpc) is 3.68. The molecule has 7 rings (SSSR count). The van der Waals surface area contributed by atoms with Crippen molar-refractivity contribution in [1.29, 1.82) is 0 Å². The van der Waals surface area contributed by atoms with Crippen LogP contribution < -0.4 is 5.32 Å². The van der Waals surface area contributed by atoms with Crippen LogP contribution in [0.5, 0.6) is 0 Å². The number of carboxylic acids is 1. The maximum Gasteiger partial charge on any atom is 0.303 e. The fourth-order valence-electron chi connectivity index (χ4n) is 8.58. The number of para-hydroxylation sites is 2. The van der Waals surface area contributed by atoms with Crippen LogP contribution in [0.25, 0.3) is 0 Å². The monoisotopic (exact) mass is 996 g/mol. The quantitative estimate of drug-likeness (QED) is 0.0192. The van der Waals surface area contributed by atoms with E-state index < -0.39 is 10.9 Å². The van der Waals surface area contributed by atoms with Gasteiger partial charge in [0, 0.05) is 80.2 Å². The Morgan fingerprint density at radius 2 is 1.15 bits per heavy atom. The SMILES string of the molecule is C(/C=C/Nc1ccccc1)=Nc1ccccc1.CC1=[N+](CCCCCC(=O)O)c2ccc(C)cc2C1(C)C.CC1=[N+](CCOCCOCCOCCOCc2ccc([N+](=O)[O-])cc2)c2ccc(C)cc2C1(C)C. The number of non-ortho nitro benzene ring substituents is 1. The zero-order valence-corrected chi connectivity index (χ0v) is 44.3. The van der Waals surface area contributed by atoms with E-state index in [1.807, 2.05) is 72.9 Å². The van der Waals surface area contributed by atoms with Crippen molar-refractivity contribution in [2.75, 3.05) is 64.7 Å². The van der Waals surface area contributed by atoms with E-state index in [0.717, 1.165) is 49.3 Å². The molecule has 0 fully saturated rings. The van der Waals surface area contributed by atoms with Gasteiger partial charge >= 0.3 is 5.97 Å². The Balaban J connectivity index is 0.000000221. The summed E-state index contributed by atoms with van der Waals surface area (Å²) in [6, 6.07) is 39.6. The first kappa shape index (κ1) is 57.3. The molecule has 5 aromatic carbocycles. The number of hydrogen-bond donors (Lipinski definition) is 2. The smallest absolute Gasteiger partial charge is 0.303 e. The molecule has 13 nitrogen and oxygen atoms in total. The highest BCUT2D eigenvalue weighted by Crippen LogP contribution is 2.41. The average molecular weight is 996 g/mol. The second-order valence-electron chi connectivity index (χ2n) is 19.3. The minimum absolute atomic E-state index is 0.0419. The van der Waals surface area contributed by atoms with Crippen LogP contribution in [-0.2, 0) is 41.2 Å². The Labute approximate surface area is 433 Å². The molecule has 0 atom stereocenters. The number of nitrogens with zero attached hydrogens (tertiary/aromatic N) is 4. The van der Waals surface area contributed by atoms with Gasteiger partial charge in [0.2, 0.25) is 11.4 Å². The van der Waals surface area contributed by atoms with Crippen molar-refractivity contribution in [2.24, 2.45) is 4.99 Å². The molecule has 0 spiro atoms. The molecule has 0 bridgehead atoms. The molecule has 0 radical (unpaired) electrons. The van der Waals surface area contributed by atoms with Crippen molar-refractivity contribution >= 4 is 52.0 Å². The summed E-state index contributed by atoms with van der Waals surface area (Å²) < 4.78 is 27.2. The van der Waals surface area contributed by atoms with Gasteiger partial charge in [-0.05, 0) is 115 Å². The number of hydrogen-bond acceptors (Lipinski definition) is 9. The van der Waals surface area contributed by atoms with E-state index in [0.29, 0.717) is 52.9 Å². The molecule has 0 unspecified atom stereocenters. The number of nitrogens with one attached hydrogen (secondary N) is 1. The number of fused-ring (bicyclic) bond motifs is 2. The molecule has 73 heavy (non-hydrogen) atoms. The van der Waals surface area contributed by atoms with Gasteiger partial charge in [-0.25, -0.2) is 0 Å². The van der Waals surface area contributed by atoms with Gasteiger partial charge in [0.05, 0.1) is 67.7 Å². The van der Waals surface area contributed by atoms with Crippen LogP contribution >= 0.6 is 0 Å². The van der Waals surface area contributed by atoms with E-state index in [2.05, 4.69) is 111 Å². The van der Waals surface area contributed by atoms with Crippen LogP contribution in [-0.4, -0.2) is 102 Å². The van der Waals surface area contributed by atoms with Crippen molar-refractivity contribution in [2.45, 2.75) is 98.5 Å². The van der Waals surface area contributed by atoms with Crippen molar-refractivity contribution < 1.29 is 42.9 Å². The van der Waals surface area contributed by atoms with Crippen molar-refractivity contribution in [3.05, 3.63) is 172 Å². The number of allylic oxidation sites excluding steroid dienone is 1. The molecule has 13 heteroatoms. The van der Waals surface area contributed by atoms with E-state index in [9.17, 15) is 14.9 Å². The number of carboxylic acid groups (broad SMARTS) is 1. The Hall–Kier alpha value is -6.64. The lowest BCUT2D eigenvalue weighted by atomic mass is 9.82. The predicted octanol–water partition coefficient (Wildman–Crippen LogP) is 12.6. The highest BCUT2D eigenvalue weighted by molar-refractivity contribution is 5.94. The Morgan fingerprint density at radius 1 is 0.644 bits per heavy atom. The Kier molecular flexibility index (Phi) is 22.9. The molecule has 2 aliphatic rings. The lowest BCUT2D eigenvalue weighted by molar-refractivity contribution is -0.443. The number of benzene rings is 5. The van der Waals surface area contributed by atoms with Gasteiger partial charge in [0.15, 0.2) is 18.0 Å². The second kappa shape index (κ2) is 29.2. The number of aliphatic imine (C=N–C) groups is 1. The first-order valence-electron chi connectivity index (χ1n) is 25.4. The van der Waals surface area contributed by atoms with Gasteiger partial charge in [0.25, 0.3) is 5.69 Å². The summed E-state index contributed by atoms with van der Waals surface area (Å²) >= 11 is 0. The van der Waals surface area contributed by atoms with Crippen LogP contribution in [0.1, 0.15) is 95.0 Å². The van der Waals surface area contributed by atoms with Gasteiger partial charge in [-0.2, -0.15) is 9.15 Å². The number of carbonyl (C=O) groups is 1. The molecule has 0 saturated heterocycles. The van der Waals surface area contributed by atoms with E-state index in [1.165, 1.54) is 57.2 Å². The van der Waals surface area contributed by atoms with Crippen molar-refractivity contribution in [3.63, 3.8) is 0 Å². The van der Waals surface area contributed by atoms with E-state index >= 15 is 0 Å². The maximum absolute atomic E-state index is 10.6. The largest absolute Gasteiger partial charge is 0.481 e. The second-order valence-corrected chi connectivity index (χ2v) is 19.3. The highest BCUT2D eigenvalue weighted by Gasteiger charge is 2.43. The van der Waals surface area contributed by atoms with Crippen molar-refractivity contribution in [3.8, 4) is 0 Å². The molecular weight excluding hydrogens is 919 g/mol. The number of anilines is 1. The summed E-state index contributed by atoms with van der Waals surface area (Å²) in [5.41, 5.74) is 13.8. The first-order chi connectivity index (χ1) is 35.1. The zero-order chi connectivity index (χ0) is 52.6. The topological polar surface area (TPSA) is 148 Å². The van der Waals surface area contributed by atoms with Gasteiger partial charge in [0.1, 0.15) is 13.2 Å². The Bertz CT molecular complexity index is 2660. The normalized spacial score (nSPS) is 14.1.